The lowest BCUT2D eigenvalue weighted by atomic mass is 9.92. The van der Waals surface area contributed by atoms with E-state index < -0.39 is 11.9 Å². The minimum Gasteiger partial charge on any atom is -0.458 e. The van der Waals surface area contributed by atoms with Gasteiger partial charge in [-0.25, -0.2) is 4.79 Å². The Hall–Kier alpha value is -2.10. The lowest BCUT2D eigenvalue weighted by Gasteiger charge is -2.17. The van der Waals surface area contributed by atoms with Crippen molar-refractivity contribution < 1.29 is 14.3 Å². The van der Waals surface area contributed by atoms with Crippen molar-refractivity contribution in [3.8, 4) is 0 Å². The van der Waals surface area contributed by atoms with Gasteiger partial charge in [-0.2, -0.15) is 0 Å². The number of ether oxygens (including phenoxy) is 1. The largest absolute Gasteiger partial charge is 0.458 e. The number of cyclic esters (lactones) is 1. The highest BCUT2D eigenvalue weighted by molar-refractivity contribution is 5.99. The van der Waals surface area contributed by atoms with Crippen LogP contribution in [0.25, 0.3) is 0 Å². The second-order valence-corrected chi connectivity index (χ2v) is 6.71. The average molecular weight is 343 g/mol. The predicted molar refractivity (Wildman–Crippen MR) is 98.8 cm³/mol. The maximum absolute atomic E-state index is 12.6. The Morgan fingerprint density at radius 2 is 1.80 bits per heavy atom. The molecule has 0 bridgehead atoms. The van der Waals surface area contributed by atoms with Gasteiger partial charge in [0.25, 0.3) is 0 Å². The van der Waals surface area contributed by atoms with Gasteiger partial charge in [-0.05, 0) is 18.4 Å². The first-order valence-electron chi connectivity index (χ1n) is 9.35. The molecule has 2 atom stereocenters. The summed E-state index contributed by atoms with van der Waals surface area (Å²) in [6, 6.07) is 9.72. The Morgan fingerprint density at radius 3 is 2.52 bits per heavy atom. The Labute approximate surface area is 150 Å². The molecule has 2 rings (SSSR count). The van der Waals surface area contributed by atoms with Crippen LogP contribution in [0.15, 0.2) is 42.5 Å². The fraction of sp³-hybridized carbons (Fsp3) is 0.524. The van der Waals surface area contributed by atoms with Gasteiger partial charge < -0.3 is 10.1 Å². The number of carbonyl (C=O) groups excluding carboxylic acids is 2. The van der Waals surface area contributed by atoms with E-state index in [0.717, 1.165) is 24.8 Å². The summed E-state index contributed by atoms with van der Waals surface area (Å²) < 4.78 is 5.39. The van der Waals surface area contributed by atoms with Crippen molar-refractivity contribution in [2.24, 2.45) is 5.92 Å². The molecule has 0 spiro atoms. The average Bonchev–Trinajstić information content (AvgIpc) is 2.91. The van der Waals surface area contributed by atoms with Crippen LogP contribution in [0.5, 0.6) is 0 Å². The highest BCUT2D eigenvalue weighted by Gasteiger charge is 2.42. The van der Waals surface area contributed by atoms with Gasteiger partial charge in [-0.1, -0.05) is 75.9 Å². The standard InChI is InChI=1S/C21H29NO3/c1-3-4-5-6-7-11-14-18-19(16(2)21(24)25-18)20(23)22-15-17-12-9-8-10-13-17/h8-10,12-13,18-19H,2-7,11,14-15H2,1H3,(H,22,23). The summed E-state index contributed by atoms with van der Waals surface area (Å²) in [5, 5.41) is 2.91. The van der Waals surface area contributed by atoms with Gasteiger partial charge in [-0.3, -0.25) is 4.79 Å². The van der Waals surface area contributed by atoms with Crippen molar-refractivity contribution in [3.05, 3.63) is 48.0 Å². The monoisotopic (exact) mass is 343 g/mol. The van der Waals surface area contributed by atoms with Crippen LogP contribution in [0, 0.1) is 5.92 Å². The topological polar surface area (TPSA) is 55.4 Å². The Kier molecular flexibility index (Phi) is 7.71. The summed E-state index contributed by atoms with van der Waals surface area (Å²) in [6.45, 7) is 6.42. The van der Waals surface area contributed by atoms with E-state index in [1.165, 1.54) is 25.7 Å². The van der Waals surface area contributed by atoms with E-state index >= 15 is 0 Å². The summed E-state index contributed by atoms with van der Waals surface area (Å²) in [7, 11) is 0. The molecule has 0 aliphatic carbocycles. The maximum Gasteiger partial charge on any atom is 0.334 e. The highest BCUT2D eigenvalue weighted by Crippen LogP contribution is 2.30. The van der Waals surface area contributed by atoms with Gasteiger partial charge in [-0.15, -0.1) is 0 Å². The molecular weight excluding hydrogens is 314 g/mol. The van der Waals surface area contributed by atoms with Gasteiger partial charge in [0, 0.05) is 12.1 Å². The molecule has 1 aromatic carbocycles. The summed E-state index contributed by atoms with van der Waals surface area (Å²) in [6.07, 6.45) is 7.36. The third kappa shape index (κ3) is 5.73. The molecule has 1 heterocycles. The molecule has 4 heteroatoms. The molecule has 0 saturated carbocycles. The number of unbranched alkanes of at least 4 members (excludes halogenated alkanes) is 5. The van der Waals surface area contributed by atoms with E-state index in [1.807, 2.05) is 30.3 Å². The molecule has 136 valence electrons. The SMILES string of the molecule is C=C1C(=O)OC(CCCCCCCC)C1C(=O)NCc1ccccc1. The van der Waals surface area contributed by atoms with Gasteiger partial charge in [0.15, 0.2) is 0 Å². The van der Waals surface area contributed by atoms with E-state index in [4.69, 9.17) is 4.74 Å². The van der Waals surface area contributed by atoms with E-state index in [2.05, 4.69) is 18.8 Å². The van der Waals surface area contributed by atoms with Crippen LogP contribution < -0.4 is 5.32 Å². The smallest absolute Gasteiger partial charge is 0.334 e. The van der Waals surface area contributed by atoms with Crippen molar-refractivity contribution in [1.29, 1.82) is 0 Å². The van der Waals surface area contributed by atoms with E-state index in [-0.39, 0.29) is 17.6 Å². The van der Waals surface area contributed by atoms with Crippen LogP contribution in [0.3, 0.4) is 0 Å². The molecule has 1 aromatic rings. The number of carbonyl (C=O) groups is 2. The fourth-order valence-electron chi connectivity index (χ4n) is 3.21. The van der Waals surface area contributed by atoms with Crippen molar-refractivity contribution in [2.75, 3.05) is 0 Å². The van der Waals surface area contributed by atoms with Gasteiger partial charge in [0.1, 0.15) is 12.0 Å². The number of amides is 1. The first-order chi connectivity index (χ1) is 12.1. The molecule has 1 N–H and O–H groups in total. The normalized spacial score (nSPS) is 19.7. The quantitative estimate of drug-likeness (QED) is 0.394. The zero-order valence-corrected chi connectivity index (χ0v) is 15.1. The van der Waals surface area contributed by atoms with Gasteiger partial charge >= 0.3 is 5.97 Å². The molecule has 0 radical (unpaired) electrons. The number of rotatable bonds is 10. The molecule has 1 fully saturated rings. The van der Waals surface area contributed by atoms with Gasteiger partial charge in [0.05, 0.1) is 0 Å². The van der Waals surface area contributed by atoms with Crippen molar-refractivity contribution in [2.45, 2.75) is 64.5 Å². The summed E-state index contributed by atoms with van der Waals surface area (Å²) >= 11 is 0. The molecule has 1 aliphatic heterocycles. The molecule has 1 aliphatic rings. The predicted octanol–water partition coefficient (Wildman–Crippen LogP) is 4.15. The van der Waals surface area contributed by atoms with E-state index in [0.29, 0.717) is 6.54 Å². The van der Waals surface area contributed by atoms with Crippen molar-refractivity contribution in [3.63, 3.8) is 0 Å². The highest BCUT2D eigenvalue weighted by atomic mass is 16.6. The van der Waals surface area contributed by atoms with Crippen LogP contribution in [0.1, 0.15) is 57.4 Å². The van der Waals surface area contributed by atoms with Crippen molar-refractivity contribution >= 4 is 11.9 Å². The van der Waals surface area contributed by atoms with Crippen LogP contribution >= 0.6 is 0 Å². The molecule has 4 nitrogen and oxygen atoms in total. The first kappa shape index (κ1) is 19.2. The first-order valence-corrected chi connectivity index (χ1v) is 9.35. The van der Waals surface area contributed by atoms with E-state index in [1.54, 1.807) is 0 Å². The third-order valence-corrected chi connectivity index (χ3v) is 4.70. The molecule has 1 saturated heterocycles. The molecular formula is C21H29NO3. The van der Waals surface area contributed by atoms with Crippen LogP contribution in [-0.2, 0) is 20.9 Å². The number of esters is 1. The van der Waals surface area contributed by atoms with Crippen LogP contribution in [0.2, 0.25) is 0 Å². The molecule has 25 heavy (non-hydrogen) atoms. The zero-order valence-electron chi connectivity index (χ0n) is 15.1. The Bertz CT molecular complexity index is 582. The fourth-order valence-corrected chi connectivity index (χ4v) is 3.21. The summed E-state index contributed by atoms with van der Waals surface area (Å²) in [5.74, 6) is -1.17. The van der Waals surface area contributed by atoms with Crippen molar-refractivity contribution in [1.82, 2.24) is 5.32 Å². The lowest BCUT2D eigenvalue weighted by molar-refractivity contribution is -0.140. The summed E-state index contributed by atoms with van der Waals surface area (Å²) in [5.41, 5.74) is 1.31. The minimum absolute atomic E-state index is 0.171. The van der Waals surface area contributed by atoms with Crippen LogP contribution in [-0.4, -0.2) is 18.0 Å². The number of hydrogen-bond acceptors (Lipinski definition) is 3. The number of nitrogens with one attached hydrogen (secondary N) is 1. The lowest BCUT2D eigenvalue weighted by Crippen LogP contribution is -2.35. The van der Waals surface area contributed by atoms with E-state index in [9.17, 15) is 9.59 Å². The number of benzene rings is 1. The maximum atomic E-state index is 12.6. The van der Waals surface area contributed by atoms with Crippen LogP contribution in [0.4, 0.5) is 0 Å². The molecule has 2 unspecified atom stereocenters. The molecule has 0 aromatic heterocycles. The Morgan fingerprint density at radius 1 is 1.12 bits per heavy atom. The molecule has 1 amide bonds. The minimum atomic E-state index is -0.563. The summed E-state index contributed by atoms with van der Waals surface area (Å²) in [4.78, 5) is 24.4. The Balaban J connectivity index is 1.83. The van der Waals surface area contributed by atoms with Gasteiger partial charge in [0.2, 0.25) is 5.91 Å². The second kappa shape index (κ2) is 10.0. The zero-order chi connectivity index (χ0) is 18.1. The third-order valence-electron chi connectivity index (χ3n) is 4.70. The second-order valence-electron chi connectivity index (χ2n) is 6.71. The number of hydrogen-bond donors (Lipinski definition) is 1.